The van der Waals surface area contributed by atoms with Gasteiger partial charge in [0.25, 0.3) is 0 Å². The summed E-state index contributed by atoms with van der Waals surface area (Å²) in [5, 5.41) is 19.5. The van der Waals surface area contributed by atoms with Crippen LogP contribution < -0.4 is 0 Å². The van der Waals surface area contributed by atoms with Gasteiger partial charge in [-0.1, -0.05) is 19.3 Å². The van der Waals surface area contributed by atoms with Crippen molar-refractivity contribution in [3.05, 3.63) is 0 Å². The van der Waals surface area contributed by atoms with Crippen LogP contribution in [0.15, 0.2) is 0 Å². The Bertz CT molecular complexity index is 412. The van der Waals surface area contributed by atoms with E-state index in [4.69, 9.17) is 4.74 Å². The number of carbonyl (C=O) groups is 2. The predicted octanol–water partition coefficient (Wildman–Crippen LogP) is 2.04. The number of carboxylic acids is 2. The molecule has 2 saturated carbocycles. The predicted molar refractivity (Wildman–Crippen MR) is 65.7 cm³/mol. The molecule has 2 N–H and O–H groups in total. The summed E-state index contributed by atoms with van der Waals surface area (Å²) in [5.41, 5.74) is -2.22. The van der Waals surface area contributed by atoms with Gasteiger partial charge in [0.2, 0.25) is 0 Å². The quantitative estimate of drug-likeness (QED) is 0.765. The lowest BCUT2D eigenvalue weighted by Crippen LogP contribution is -2.55. The van der Waals surface area contributed by atoms with E-state index < -0.39 is 22.8 Å². The van der Waals surface area contributed by atoms with Crippen molar-refractivity contribution in [1.82, 2.24) is 0 Å². The Morgan fingerprint density at radius 1 is 0.895 bits per heavy atom. The largest absolute Gasteiger partial charge is 0.481 e. The number of hydrogen-bond acceptors (Lipinski definition) is 3. The molecule has 3 unspecified atom stereocenters. The lowest BCUT2D eigenvalue weighted by Gasteiger charge is -2.48. The monoisotopic (exact) mass is 268 g/mol. The fourth-order valence-electron chi connectivity index (χ4n) is 4.33. The molecule has 0 spiro atoms. The molecule has 0 radical (unpaired) electrons. The van der Waals surface area contributed by atoms with Crippen molar-refractivity contribution in [1.29, 1.82) is 0 Å². The molecule has 3 fully saturated rings. The van der Waals surface area contributed by atoms with Crippen molar-refractivity contribution in [3.8, 4) is 0 Å². The summed E-state index contributed by atoms with van der Waals surface area (Å²) in [7, 11) is 0. The maximum atomic E-state index is 11.9. The van der Waals surface area contributed by atoms with Crippen LogP contribution in [0.25, 0.3) is 0 Å². The first-order valence-corrected chi connectivity index (χ1v) is 7.14. The molecule has 1 aliphatic heterocycles. The Balaban J connectivity index is 2.00. The molecule has 3 rings (SSSR count). The molecule has 1 heterocycles. The first-order chi connectivity index (χ1) is 9.02. The first-order valence-electron chi connectivity index (χ1n) is 7.14. The topological polar surface area (TPSA) is 87.1 Å². The van der Waals surface area contributed by atoms with Crippen LogP contribution in [0.2, 0.25) is 0 Å². The second kappa shape index (κ2) is 4.20. The summed E-state index contributed by atoms with van der Waals surface area (Å²) in [6.45, 7) is 0. The summed E-state index contributed by atoms with van der Waals surface area (Å²) in [4.78, 5) is 23.8. The second-order valence-corrected chi connectivity index (χ2v) is 6.29. The third-order valence-electron chi connectivity index (χ3n) is 5.53. The summed E-state index contributed by atoms with van der Waals surface area (Å²) < 4.78 is 5.44. The van der Waals surface area contributed by atoms with Gasteiger partial charge in [-0.15, -0.1) is 0 Å². The molecule has 1 saturated heterocycles. The van der Waals surface area contributed by atoms with Gasteiger partial charge in [-0.05, 0) is 32.1 Å². The molecule has 5 heteroatoms. The van der Waals surface area contributed by atoms with Crippen molar-refractivity contribution < 1.29 is 24.5 Å². The van der Waals surface area contributed by atoms with Crippen LogP contribution in [0.1, 0.15) is 51.4 Å². The molecule has 0 amide bonds. The van der Waals surface area contributed by atoms with E-state index in [-0.39, 0.29) is 12.2 Å². The molecular weight excluding hydrogens is 248 g/mol. The molecule has 2 aliphatic carbocycles. The number of hydrogen-bond donors (Lipinski definition) is 2. The minimum absolute atomic E-state index is 0.0250. The van der Waals surface area contributed by atoms with Crippen LogP contribution in [-0.4, -0.2) is 34.4 Å². The molecule has 0 aromatic carbocycles. The lowest BCUT2D eigenvalue weighted by atomic mass is 9.52. The van der Waals surface area contributed by atoms with Gasteiger partial charge >= 0.3 is 11.9 Å². The Labute approximate surface area is 111 Å². The minimum atomic E-state index is -1.13. The van der Waals surface area contributed by atoms with E-state index in [0.717, 1.165) is 19.3 Å². The fraction of sp³-hybridized carbons (Fsp3) is 0.857. The molecule has 106 valence electrons. The zero-order valence-corrected chi connectivity index (χ0v) is 10.9. The maximum Gasteiger partial charge on any atom is 0.310 e. The van der Waals surface area contributed by atoms with E-state index in [9.17, 15) is 19.8 Å². The molecule has 0 aromatic rings. The van der Waals surface area contributed by atoms with E-state index in [2.05, 4.69) is 0 Å². The zero-order chi connectivity index (χ0) is 13.7. The average Bonchev–Trinajstić information content (AvgIpc) is 3.16. The average molecular weight is 268 g/mol. The van der Waals surface area contributed by atoms with Gasteiger partial charge < -0.3 is 14.9 Å². The summed E-state index contributed by atoms with van der Waals surface area (Å²) >= 11 is 0. The van der Waals surface area contributed by atoms with Crippen molar-refractivity contribution in [2.24, 2.45) is 10.8 Å². The molecular formula is C14H20O5. The van der Waals surface area contributed by atoms with E-state index in [1.165, 1.54) is 0 Å². The minimum Gasteiger partial charge on any atom is -0.481 e. The normalized spacial score (nSPS) is 40.2. The van der Waals surface area contributed by atoms with Gasteiger partial charge in [-0.3, -0.25) is 9.59 Å². The standard InChI is InChI=1S/C14H20O5/c15-11(16)13(5-2-1-3-6-13)14(12(17)18)7-4-9-10(8-14)19-9/h9-10H,1-8H2,(H,15,16)(H,17,18). The Hall–Kier alpha value is -1.10. The van der Waals surface area contributed by atoms with Gasteiger partial charge in [0.05, 0.1) is 23.0 Å². The van der Waals surface area contributed by atoms with Gasteiger partial charge in [-0.25, -0.2) is 0 Å². The van der Waals surface area contributed by atoms with E-state index in [1.54, 1.807) is 0 Å². The van der Waals surface area contributed by atoms with Crippen LogP contribution in [-0.2, 0) is 14.3 Å². The fourth-order valence-corrected chi connectivity index (χ4v) is 4.33. The zero-order valence-electron chi connectivity index (χ0n) is 10.9. The third kappa shape index (κ3) is 1.71. The van der Waals surface area contributed by atoms with Crippen LogP contribution in [0.5, 0.6) is 0 Å². The lowest BCUT2D eigenvalue weighted by molar-refractivity contribution is -0.181. The number of aliphatic carboxylic acids is 2. The summed E-state index contributed by atoms with van der Waals surface area (Å²) in [6.07, 6.45) is 5.28. The van der Waals surface area contributed by atoms with Gasteiger partial charge in [0.1, 0.15) is 0 Å². The molecule has 3 atom stereocenters. The molecule has 19 heavy (non-hydrogen) atoms. The number of carboxylic acid groups (broad SMARTS) is 2. The number of fused-ring (bicyclic) bond motifs is 1. The van der Waals surface area contributed by atoms with Crippen LogP contribution in [0, 0.1) is 10.8 Å². The van der Waals surface area contributed by atoms with Crippen molar-refractivity contribution in [3.63, 3.8) is 0 Å². The van der Waals surface area contributed by atoms with E-state index in [0.29, 0.717) is 32.1 Å². The highest BCUT2D eigenvalue weighted by Crippen LogP contribution is 2.60. The van der Waals surface area contributed by atoms with Gasteiger partial charge in [0.15, 0.2) is 0 Å². The Kier molecular flexibility index (Phi) is 2.85. The Morgan fingerprint density at radius 2 is 1.53 bits per heavy atom. The smallest absolute Gasteiger partial charge is 0.310 e. The van der Waals surface area contributed by atoms with Gasteiger partial charge in [0, 0.05) is 0 Å². The van der Waals surface area contributed by atoms with E-state index >= 15 is 0 Å². The van der Waals surface area contributed by atoms with Crippen molar-refractivity contribution in [2.75, 3.05) is 0 Å². The number of rotatable bonds is 3. The molecule has 3 aliphatic rings. The SMILES string of the molecule is O=C(O)C1(C2(C(=O)O)CCC3OC3C2)CCCCC1. The highest BCUT2D eigenvalue weighted by Gasteiger charge is 2.66. The number of ether oxygens (including phenoxy) is 1. The van der Waals surface area contributed by atoms with Crippen molar-refractivity contribution >= 4 is 11.9 Å². The van der Waals surface area contributed by atoms with Crippen LogP contribution in [0.3, 0.4) is 0 Å². The maximum absolute atomic E-state index is 11.9. The number of epoxide rings is 1. The first kappa shape index (κ1) is 12.9. The Morgan fingerprint density at radius 3 is 2.05 bits per heavy atom. The van der Waals surface area contributed by atoms with Crippen molar-refractivity contribution in [2.45, 2.75) is 63.6 Å². The summed E-state index contributed by atoms with van der Waals surface area (Å²) in [5.74, 6) is -1.86. The highest BCUT2D eigenvalue weighted by atomic mass is 16.6. The van der Waals surface area contributed by atoms with Gasteiger partial charge in [-0.2, -0.15) is 0 Å². The molecule has 0 aromatic heterocycles. The summed E-state index contributed by atoms with van der Waals surface area (Å²) in [6, 6.07) is 0. The molecule has 5 nitrogen and oxygen atoms in total. The molecule has 0 bridgehead atoms. The highest BCUT2D eigenvalue weighted by molar-refractivity contribution is 5.87. The van der Waals surface area contributed by atoms with Crippen LogP contribution in [0.4, 0.5) is 0 Å². The van der Waals surface area contributed by atoms with Crippen LogP contribution >= 0.6 is 0 Å². The van der Waals surface area contributed by atoms with E-state index in [1.807, 2.05) is 0 Å². The third-order valence-corrected chi connectivity index (χ3v) is 5.53. The second-order valence-electron chi connectivity index (χ2n) is 6.29.